The second-order valence-corrected chi connectivity index (χ2v) is 6.73. The van der Waals surface area contributed by atoms with Crippen LogP contribution in [-0.2, 0) is 16.6 Å². The molecule has 1 saturated carbocycles. The summed E-state index contributed by atoms with van der Waals surface area (Å²) in [4.78, 5) is 14.1. The number of ketones is 1. The van der Waals surface area contributed by atoms with Crippen LogP contribution in [0.3, 0.4) is 0 Å². The highest BCUT2D eigenvalue weighted by Gasteiger charge is 2.72. The summed E-state index contributed by atoms with van der Waals surface area (Å²) < 4.78 is 83.5. The summed E-state index contributed by atoms with van der Waals surface area (Å²) in [7, 11) is -2.81. The zero-order valence-corrected chi connectivity index (χ0v) is 12.2. The SMILES string of the molecule is [2H]O[C@@]12CCC(=O)C3Oc4c(OC([2H])([2H])[2H])ccc5c4[C@@]31CCN(C([2H])([2H])[2H])[C@@H]2C5([2H])[2H]. The molecule has 1 unspecified atom stereocenters. The van der Waals surface area contributed by atoms with Crippen LogP contribution in [-0.4, -0.2) is 55.5 Å². The van der Waals surface area contributed by atoms with Crippen molar-refractivity contribution in [2.45, 2.75) is 48.8 Å². The molecule has 1 aromatic rings. The molecule has 23 heavy (non-hydrogen) atoms. The second-order valence-electron chi connectivity index (χ2n) is 6.73. The molecule has 0 amide bonds. The third-order valence-corrected chi connectivity index (χ3v) is 5.94. The molecule has 2 fully saturated rings. The molecule has 1 spiro atoms. The maximum atomic E-state index is 13.0. The van der Waals surface area contributed by atoms with Crippen LogP contribution < -0.4 is 9.47 Å². The van der Waals surface area contributed by atoms with Gasteiger partial charge in [0.2, 0.25) is 1.43 Å². The van der Waals surface area contributed by atoms with Crippen molar-refractivity contribution in [3.8, 4) is 11.5 Å². The largest absolute Gasteiger partial charge is 0.493 e. The number of Topliss-reactive ketones (excluding diaryl/α,β-unsaturated/α-hetero) is 1. The summed E-state index contributed by atoms with van der Waals surface area (Å²) in [5, 5.41) is 5.29. The number of likely N-dealkylation sites (N-methyl/N-ethyl adjacent to an activating group) is 1. The lowest BCUT2D eigenvalue weighted by Gasteiger charge is -2.62. The summed E-state index contributed by atoms with van der Waals surface area (Å²) in [5.74, 6) is -0.500. The van der Waals surface area contributed by atoms with Gasteiger partial charge in [0.05, 0.1) is 22.2 Å². The van der Waals surface area contributed by atoms with Crippen LogP contribution in [0.4, 0.5) is 0 Å². The Bertz CT molecular complexity index is 1010. The number of carbonyl (C=O) groups excluding carboxylic acids is 1. The van der Waals surface area contributed by atoms with Gasteiger partial charge in [-0.15, -0.1) is 0 Å². The molecule has 2 aliphatic carbocycles. The molecule has 2 heterocycles. The van der Waals surface area contributed by atoms with Crippen LogP contribution in [0, 0.1) is 0 Å². The summed E-state index contributed by atoms with van der Waals surface area (Å²) in [5.41, 5.74) is -2.69. The fourth-order valence-electron chi connectivity index (χ4n) is 4.98. The van der Waals surface area contributed by atoms with Gasteiger partial charge in [-0.3, -0.25) is 4.79 Å². The molecular weight excluding hydrogens is 294 g/mol. The average molecular weight is 324 g/mol. The van der Waals surface area contributed by atoms with Crippen molar-refractivity contribution in [1.29, 1.82) is 1.43 Å². The van der Waals surface area contributed by atoms with Gasteiger partial charge in [0.1, 0.15) is 0 Å². The highest BCUT2D eigenvalue weighted by atomic mass is 16.5. The van der Waals surface area contributed by atoms with E-state index in [4.69, 9.17) is 27.0 Å². The van der Waals surface area contributed by atoms with E-state index in [1.54, 1.807) is 0 Å². The fourth-order valence-corrected chi connectivity index (χ4v) is 4.98. The van der Waals surface area contributed by atoms with Crippen LogP contribution in [0.5, 0.6) is 11.5 Å². The predicted molar refractivity (Wildman–Crippen MR) is 83.0 cm³/mol. The highest BCUT2D eigenvalue weighted by Crippen LogP contribution is 2.64. The Hall–Kier alpha value is -1.59. The van der Waals surface area contributed by atoms with Crippen molar-refractivity contribution < 1.29 is 30.3 Å². The Morgan fingerprint density at radius 2 is 2.52 bits per heavy atom. The first-order chi connectivity index (χ1) is 14.7. The zero-order valence-electron chi connectivity index (χ0n) is 21.2. The monoisotopic (exact) mass is 324 g/mol. The number of methoxy groups -OCH3 is 1. The van der Waals surface area contributed by atoms with Crippen LogP contribution >= 0.6 is 0 Å². The third-order valence-electron chi connectivity index (χ3n) is 5.94. The lowest BCUT2D eigenvalue weighted by atomic mass is 9.49. The molecule has 122 valence electrons. The number of likely N-dealkylation sites (tertiary alicyclic amines) is 1. The lowest BCUT2D eigenvalue weighted by Crippen LogP contribution is -2.76. The molecule has 4 atom stereocenters. The van der Waals surface area contributed by atoms with Gasteiger partial charge < -0.3 is 19.5 Å². The van der Waals surface area contributed by atoms with Gasteiger partial charge in [-0.05, 0) is 44.4 Å². The molecule has 5 rings (SSSR count). The van der Waals surface area contributed by atoms with Crippen molar-refractivity contribution in [2.24, 2.45) is 0 Å². The summed E-state index contributed by atoms with van der Waals surface area (Å²) in [6, 6.07) is 1.23. The van der Waals surface area contributed by atoms with E-state index in [-0.39, 0.29) is 54.2 Å². The number of nitrogens with zero attached hydrogens (tertiary/aromatic N) is 1. The number of benzene rings is 1. The number of piperidine rings is 1. The molecule has 5 heteroatoms. The normalized spacial score (nSPS) is 49.6. The molecule has 5 nitrogen and oxygen atoms in total. The Morgan fingerprint density at radius 1 is 1.57 bits per heavy atom. The third kappa shape index (κ3) is 1.32. The number of carbonyl (C=O) groups is 1. The molecule has 1 saturated heterocycles. The first-order valence-corrected chi connectivity index (χ1v) is 7.68. The van der Waals surface area contributed by atoms with Crippen molar-refractivity contribution in [3.05, 3.63) is 23.3 Å². The van der Waals surface area contributed by atoms with E-state index in [1.165, 1.54) is 12.1 Å². The van der Waals surface area contributed by atoms with Gasteiger partial charge in [0.15, 0.2) is 23.4 Å². The van der Waals surface area contributed by atoms with Gasteiger partial charge in [0, 0.05) is 24.9 Å². The molecule has 2 aliphatic heterocycles. The standard InChI is InChI=1S/C18H21NO4/c1-19-8-7-17-14-10-3-4-12(22-2)15(14)23-16(17)11(20)5-6-18(17,21)13(19)9-10/h3-4,13,16,21H,5-9H2,1-2H3/t13-,16?,17+,18-/m1/s1/i1D3,2D3,9D2,21D. The van der Waals surface area contributed by atoms with E-state index in [9.17, 15) is 4.79 Å². The summed E-state index contributed by atoms with van der Waals surface area (Å²) >= 11 is 0. The van der Waals surface area contributed by atoms with Crippen molar-refractivity contribution in [2.75, 3.05) is 20.6 Å². The smallest absolute Gasteiger partial charge is 0.211 e. The minimum absolute atomic E-state index is 0.0510. The topological polar surface area (TPSA) is 59.0 Å². The molecule has 2 bridgehead atoms. The van der Waals surface area contributed by atoms with E-state index in [2.05, 4.69) is 0 Å². The highest BCUT2D eigenvalue weighted by molar-refractivity contribution is 5.90. The van der Waals surface area contributed by atoms with Crippen LogP contribution in [0.25, 0.3) is 0 Å². The maximum Gasteiger partial charge on any atom is 0.211 e. The second kappa shape index (κ2) is 4.08. The van der Waals surface area contributed by atoms with E-state index in [0.29, 0.717) is 0 Å². The molecule has 0 aromatic heterocycles. The number of rotatable bonds is 2. The molecule has 0 radical (unpaired) electrons. The van der Waals surface area contributed by atoms with Crippen molar-refractivity contribution >= 4 is 5.78 Å². The Kier molecular flexibility index (Phi) is 1.34. The van der Waals surface area contributed by atoms with E-state index in [0.717, 1.165) is 4.90 Å². The van der Waals surface area contributed by atoms with Crippen LogP contribution in [0.15, 0.2) is 12.1 Å². The van der Waals surface area contributed by atoms with Gasteiger partial charge >= 0.3 is 0 Å². The number of aliphatic hydroxyl groups is 1. The minimum atomic E-state index is -2.81. The summed E-state index contributed by atoms with van der Waals surface area (Å²) in [6.07, 6.45) is -3.56. The van der Waals surface area contributed by atoms with Gasteiger partial charge in [-0.2, -0.15) is 0 Å². The molecule has 1 N–H and O–H groups in total. The van der Waals surface area contributed by atoms with E-state index in [1.807, 2.05) is 0 Å². The quantitative estimate of drug-likeness (QED) is 0.881. The first kappa shape index (κ1) is 7.53. The Morgan fingerprint density at radius 3 is 3.35 bits per heavy atom. The number of ether oxygens (including phenoxy) is 2. The Labute approximate surface area is 147 Å². The van der Waals surface area contributed by atoms with E-state index >= 15 is 0 Å². The van der Waals surface area contributed by atoms with Gasteiger partial charge in [-0.25, -0.2) is 0 Å². The van der Waals surface area contributed by atoms with Crippen LogP contribution in [0.2, 0.25) is 0 Å². The molecular formula is C18H21NO4. The lowest BCUT2D eigenvalue weighted by molar-refractivity contribution is -0.185. The fraction of sp³-hybridized carbons (Fsp3) is 0.611. The first-order valence-electron chi connectivity index (χ1n) is 12.1. The minimum Gasteiger partial charge on any atom is -0.493 e. The Balaban J connectivity index is 1.85. The zero-order chi connectivity index (χ0) is 23.5. The number of hydrogen-bond acceptors (Lipinski definition) is 5. The van der Waals surface area contributed by atoms with Crippen molar-refractivity contribution in [3.63, 3.8) is 0 Å². The maximum absolute atomic E-state index is 13.0. The van der Waals surface area contributed by atoms with Crippen molar-refractivity contribution in [1.82, 2.24) is 4.90 Å². The van der Waals surface area contributed by atoms with Gasteiger partial charge in [-0.1, -0.05) is 6.07 Å². The van der Waals surface area contributed by atoms with Crippen LogP contribution in [0.1, 0.15) is 41.4 Å². The molecule has 1 aromatic carbocycles. The van der Waals surface area contributed by atoms with E-state index < -0.39 is 43.5 Å². The predicted octanol–water partition coefficient (Wildman–Crippen LogP) is 1.05. The summed E-state index contributed by atoms with van der Waals surface area (Å²) in [6.45, 7) is -2.74. The average Bonchev–Trinajstić information content (AvgIpc) is 3.01. The number of hydrogen-bond donors (Lipinski definition) is 1. The van der Waals surface area contributed by atoms with Gasteiger partial charge in [0.25, 0.3) is 0 Å². The molecule has 4 aliphatic rings.